The predicted octanol–water partition coefficient (Wildman–Crippen LogP) is 4.33. The Morgan fingerprint density at radius 3 is 2.55 bits per heavy atom. The van der Waals surface area contributed by atoms with E-state index in [1.54, 1.807) is 7.11 Å². The molecule has 2 N–H and O–H groups in total. The summed E-state index contributed by atoms with van der Waals surface area (Å²) in [5.41, 5.74) is 10.2. The molecular formula is C24H28N6O. The molecule has 0 unspecified atom stereocenters. The fraction of sp³-hybridized carbons (Fsp3) is 0.375. The second-order valence-corrected chi connectivity index (χ2v) is 7.97. The quantitative estimate of drug-likeness (QED) is 0.501. The highest BCUT2D eigenvalue weighted by atomic mass is 16.5. The summed E-state index contributed by atoms with van der Waals surface area (Å²) in [5.74, 6) is 3.20. The molecule has 2 aliphatic rings. The molecule has 6 rings (SSSR count). The molecule has 31 heavy (non-hydrogen) atoms. The lowest BCUT2D eigenvalue weighted by atomic mass is 9.98. The number of benzene rings is 2. The summed E-state index contributed by atoms with van der Waals surface area (Å²) in [4.78, 5) is 2.34. The molecule has 1 fully saturated rings. The lowest BCUT2D eigenvalue weighted by Gasteiger charge is -2.31. The van der Waals surface area contributed by atoms with Crippen molar-refractivity contribution in [3.63, 3.8) is 0 Å². The smallest absolute Gasteiger partial charge is 0.185 e. The van der Waals surface area contributed by atoms with Gasteiger partial charge in [-0.05, 0) is 42.5 Å². The standard InChI is InChI=1S/C22H22N6O.C2H6/c1-29-19-11-14-8-9-27(12-15(14)10-18(19)23)22-17-5-3-2-4-16(17)21-25-24-20(13-6-7-13)28(21)26-22;1-2/h2-5,10-11,13H,6-9,12,23H2,1H3;1-2H3. The highest BCUT2D eigenvalue weighted by Crippen LogP contribution is 2.40. The number of anilines is 2. The van der Waals surface area contributed by atoms with Gasteiger partial charge in [-0.2, -0.15) is 4.52 Å². The molecule has 2 aromatic heterocycles. The monoisotopic (exact) mass is 416 g/mol. The number of nitrogens with zero attached hydrogens (tertiary/aromatic N) is 5. The third-order valence-corrected chi connectivity index (χ3v) is 6.07. The van der Waals surface area contributed by atoms with Crippen LogP contribution >= 0.6 is 0 Å². The van der Waals surface area contributed by atoms with Crippen LogP contribution in [-0.2, 0) is 13.0 Å². The number of methoxy groups -OCH3 is 1. The first-order valence-electron chi connectivity index (χ1n) is 11.1. The zero-order valence-electron chi connectivity index (χ0n) is 18.3. The Morgan fingerprint density at radius 1 is 1.03 bits per heavy atom. The lowest BCUT2D eigenvalue weighted by molar-refractivity contribution is 0.416. The molecule has 1 aliphatic carbocycles. The van der Waals surface area contributed by atoms with E-state index in [-0.39, 0.29) is 0 Å². The van der Waals surface area contributed by atoms with E-state index in [0.717, 1.165) is 53.3 Å². The number of fused-ring (bicyclic) bond motifs is 4. The highest BCUT2D eigenvalue weighted by molar-refractivity contribution is 6.00. The van der Waals surface area contributed by atoms with Gasteiger partial charge in [-0.15, -0.1) is 15.3 Å². The van der Waals surface area contributed by atoms with Gasteiger partial charge in [-0.3, -0.25) is 0 Å². The summed E-state index contributed by atoms with van der Waals surface area (Å²) in [6.45, 7) is 5.66. The second kappa shape index (κ2) is 7.72. The van der Waals surface area contributed by atoms with Crippen molar-refractivity contribution in [2.75, 3.05) is 24.3 Å². The van der Waals surface area contributed by atoms with Crippen LogP contribution in [0.15, 0.2) is 36.4 Å². The van der Waals surface area contributed by atoms with E-state index >= 15 is 0 Å². The molecule has 0 bridgehead atoms. The number of hydrogen-bond donors (Lipinski definition) is 1. The molecule has 0 radical (unpaired) electrons. The number of nitrogens with two attached hydrogens (primary N) is 1. The summed E-state index contributed by atoms with van der Waals surface area (Å²) in [7, 11) is 1.66. The fourth-order valence-corrected chi connectivity index (χ4v) is 4.37. The summed E-state index contributed by atoms with van der Waals surface area (Å²) in [5, 5.41) is 16.2. The molecule has 0 saturated heterocycles. The van der Waals surface area contributed by atoms with E-state index < -0.39 is 0 Å². The van der Waals surface area contributed by atoms with Gasteiger partial charge in [0.2, 0.25) is 0 Å². The first-order chi connectivity index (χ1) is 15.2. The molecule has 0 amide bonds. The van der Waals surface area contributed by atoms with Gasteiger partial charge in [-0.1, -0.05) is 38.1 Å². The second-order valence-electron chi connectivity index (χ2n) is 7.97. The van der Waals surface area contributed by atoms with Crippen LogP contribution in [0.25, 0.3) is 16.4 Å². The van der Waals surface area contributed by atoms with Crippen LogP contribution in [0.2, 0.25) is 0 Å². The van der Waals surface area contributed by atoms with Crippen molar-refractivity contribution in [3.05, 3.63) is 53.3 Å². The van der Waals surface area contributed by atoms with Crippen LogP contribution in [-0.4, -0.2) is 33.5 Å². The van der Waals surface area contributed by atoms with E-state index in [4.69, 9.17) is 15.6 Å². The van der Waals surface area contributed by atoms with E-state index in [2.05, 4.69) is 45.4 Å². The van der Waals surface area contributed by atoms with Crippen molar-refractivity contribution < 1.29 is 4.74 Å². The molecule has 2 aromatic carbocycles. The first-order valence-corrected chi connectivity index (χ1v) is 11.1. The first kappa shape index (κ1) is 19.6. The molecule has 7 heteroatoms. The fourth-order valence-electron chi connectivity index (χ4n) is 4.37. The van der Waals surface area contributed by atoms with Crippen molar-refractivity contribution in [1.29, 1.82) is 0 Å². The SMILES string of the molecule is CC.COc1cc2c(cc1N)CN(c1nn3c(C4CC4)nnc3c3ccccc13)CC2. The molecule has 160 valence electrons. The molecule has 1 aliphatic heterocycles. The number of hydrogen-bond acceptors (Lipinski definition) is 6. The average Bonchev–Trinajstić information content (AvgIpc) is 3.57. The summed E-state index contributed by atoms with van der Waals surface area (Å²) < 4.78 is 7.36. The van der Waals surface area contributed by atoms with Crippen molar-refractivity contribution >= 4 is 27.9 Å². The third kappa shape index (κ3) is 3.24. The predicted molar refractivity (Wildman–Crippen MR) is 124 cm³/mol. The maximum absolute atomic E-state index is 6.17. The minimum atomic E-state index is 0.487. The van der Waals surface area contributed by atoms with Gasteiger partial charge in [0, 0.05) is 29.8 Å². The van der Waals surface area contributed by atoms with Crippen LogP contribution < -0.4 is 15.4 Å². The molecule has 0 spiro atoms. The summed E-state index contributed by atoms with van der Waals surface area (Å²) >= 11 is 0. The molecule has 3 heterocycles. The average molecular weight is 417 g/mol. The normalized spacial score (nSPS) is 15.5. The third-order valence-electron chi connectivity index (χ3n) is 6.07. The summed E-state index contributed by atoms with van der Waals surface area (Å²) in [6, 6.07) is 12.5. The van der Waals surface area contributed by atoms with Crippen LogP contribution in [0, 0.1) is 0 Å². The van der Waals surface area contributed by atoms with Crippen molar-refractivity contribution in [3.8, 4) is 5.75 Å². The van der Waals surface area contributed by atoms with E-state index in [9.17, 15) is 0 Å². The lowest BCUT2D eigenvalue weighted by Crippen LogP contribution is -2.32. The zero-order valence-corrected chi connectivity index (χ0v) is 18.3. The van der Waals surface area contributed by atoms with Crippen molar-refractivity contribution in [2.45, 2.75) is 45.6 Å². The Kier molecular flexibility index (Phi) is 4.88. The van der Waals surface area contributed by atoms with E-state index in [1.165, 1.54) is 24.0 Å². The molecule has 1 saturated carbocycles. The molecule has 4 aromatic rings. The Bertz CT molecular complexity index is 1260. The topological polar surface area (TPSA) is 81.6 Å². The Hall–Kier alpha value is -3.35. The van der Waals surface area contributed by atoms with Crippen molar-refractivity contribution in [1.82, 2.24) is 19.8 Å². The van der Waals surface area contributed by atoms with Gasteiger partial charge in [-0.25, -0.2) is 0 Å². The largest absolute Gasteiger partial charge is 0.495 e. The number of aromatic nitrogens is 4. The van der Waals surface area contributed by atoms with Crippen LogP contribution in [0.3, 0.4) is 0 Å². The van der Waals surface area contributed by atoms with E-state index in [1.807, 2.05) is 24.4 Å². The number of nitrogen functional groups attached to an aromatic ring is 1. The summed E-state index contributed by atoms with van der Waals surface area (Å²) in [6.07, 6.45) is 3.27. The Labute approximate surface area is 181 Å². The Balaban J connectivity index is 0.000000994. The zero-order chi connectivity index (χ0) is 21.5. The minimum Gasteiger partial charge on any atom is -0.495 e. The van der Waals surface area contributed by atoms with Gasteiger partial charge in [0.25, 0.3) is 0 Å². The molecule has 7 nitrogen and oxygen atoms in total. The maximum atomic E-state index is 6.17. The van der Waals surface area contributed by atoms with Crippen LogP contribution in [0.1, 0.15) is 49.6 Å². The number of ether oxygens (including phenoxy) is 1. The van der Waals surface area contributed by atoms with E-state index in [0.29, 0.717) is 11.6 Å². The van der Waals surface area contributed by atoms with Crippen molar-refractivity contribution in [2.24, 2.45) is 0 Å². The maximum Gasteiger partial charge on any atom is 0.185 e. The van der Waals surface area contributed by atoms with Gasteiger partial charge in [0.1, 0.15) is 5.75 Å². The van der Waals surface area contributed by atoms with Crippen LogP contribution in [0.5, 0.6) is 5.75 Å². The minimum absolute atomic E-state index is 0.487. The molecule has 0 atom stereocenters. The van der Waals surface area contributed by atoms with Gasteiger partial charge >= 0.3 is 0 Å². The van der Waals surface area contributed by atoms with Gasteiger partial charge in [0.05, 0.1) is 12.8 Å². The molecular weight excluding hydrogens is 388 g/mol. The highest BCUT2D eigenvalue weighted by Gasteiger charge is 2.31. The Morgan fingerprint density at radius 2 is 1.81 bits per heavy atom. The van der Waals surface area contributed by atoms with Gasteiger partial charge in [0.15, 0.2) is 17.3 Å². The van der Waals surface area contributed by atoms with Gasteiger partial charge < -0.3 is 15.4 Å². The number of rotatable bonds is 3. The van der Waals surface area contributed by atoms with Crippen LogP contribution in [0.4, 0.5) is 11.5 Å².